The highest BCUT2D eigenvalue weighted by atomic mass is 32.1. The molecule has 3 aromatic rings. The zero-order valence-electron chi connectivity index (χ0n) is 12.6. The third-order valence-corrected chi connectivity index (χ3v) is 5.52. The van der Waals surface area contributed by atoms with E-state index in [0.29, 0.717) is 0 Å². The van der Waals surface area contributed by atoms with E-state index in [1.165, 1.54) is 27.1 Å². The molecule has 21 heavy (non-hydrogen) atoms. The SMILES string of the molecule is Cc1cc2c(s1)c1c(n2Cc2ccccc2)CCN(C)C1. The molecule has 0 radical (unpaired) electrons. The zero-order chi connectivity index (χ0) is 14.4. The van der Waals surface area contributed by atoms with Crippen LogP contribution >= 0.6 is 11.3 Å². The van der Waals surface area contributed by atoms with Crippen LogP contribution in [0.4, 0.5) is 0 Å². The first kappa shape index (κ1) is 13.1. The summed E-state index contributed by atoms with van der Waals surface area (Å²) in [6.45, 7) is 5.47. The van der Waals surface area contributed by atoms with E-state index in [0.717, 1.165) is 19.6 Å². The van der Waals surface area contributed by atoms with Crippen molar-refractivity contribution >= 4 is 21.6 Å². The molecule has 4 rings (SSSR count). The van der Waals surface area contributed by atoms with E-state index in [1.807, 2.05) is 11.3 Å². The molecule has 0 atom stereocenters. The van der Waals surface area contributed by atoms with E-state index >= 15 is 0 Å². The van der Waals surface area contributed by atoms with Crippen LogP contribution in [0.25, 0.3) is 10.2 Å². The van der Waals surface area contributed by atoms with Crippen molar-refractivity contribution in [3.8, 4) is 0 Å². The minimum Gasteiger partial charge on any atom is -0.339 e. The molecule has 0 saturated heterocycles. The lowest BCUT2D eigenvalue weighted by Gasteiger charge is -2.24. The van der Waals surface area contributed by atoms with Crippen molar-refractivity contribution in [3.63, 3.8) is 0 Å². The van der Waals surface area contributed by atoms with Crippen molar-refractivity contribution in [1.82, 2.24) is 9.47 Å². The summed E-state index contributed by atoms with van der Waals surface area (Å²) in [4.78, 5) is 3.85. The van der Waals surface area contributed by atoms with Gasteiger partial charge in [-0.05, 0) is 25.6 Å². The van der Waals surface area contributed by atoms with E-state index in [1.54, 1.807) is 11.3 Å². The minimum absolute atomic E-state index is 0.993. The smallest absolute Gasteiger partial charge is 0.0601 e. The van der Waals surface area contributed by atoms with E-state index < -0.39 is 0 Å². The van der Waals surface area contributed by atoms with Gasteiger partial charge in [-0.3, -0.25) is 0 Å². The number of thiophene rings is 1. The van der Waals surface area contributed by atoms with Crippen LogP contribution in [0.15, 0.2) is 36.4 Å². The highest BCUT2D eigenvalue weighted by Crippen LogP contribution is 2.36. The number of rotatable bonds is 2. The predicted molar refractivity (Wildman–Crippen MR) is 90.1 cm³/mol. The number of hydrogen-bond acceptors (Lipinski definition) is 2. The Kier molecular flexibility index (Phi) is 3.12. The summed E-state index contributed by atoms with van der Waals surface area (Å²) < 4.78 is 4.06. The highest BCUT2D eigenvalue weighted by Gasteiger charge is 2.23. The monoisotopic (exact) mass is 296 g/mol. The van der Waals surface area contributed by atoms with Gasteiger partial charge in [-0.15, -0.1) is 11.3 Å². The standard InChI is InChI=1S/C18H20N2S/c1-13-10-17-18(21-13)15-12-19(2)9-8-16(15)20(17)11-14-6-4-3-5-7-14/h3-7,10H,8-9,11-12H2,1-2H3. The summed E-state index contributed by atoms with van der Waals surface area (Å²) in [5.74, 6) is 0. The second kappa shape index (κ2) is 5.00. The summed E-state index contributed by atoms with van der Waals surface area (Å²) in [7, 11) is 2.23. The third kappa shape index (κ3) is 2.21. The molecule has 0 amide bonds. The molecule has 3 heterocycles. The van der Waals surface area contributed by atoms with E-state index in [4.69, 9.17) is 0 Å². The fourth-order valence-corrected chi connectivity index (χ4v) is 4.47. The van der Waals surface area contributed by atoms with Crippen LogP contribution in [-0.2, 0) is 19.5 Å². The molecular formula is C18H20N2S. The van der Waals surface area contributed by atoms with Gasteiger partial charge in [0.1, 0.15) is 0 Å². The third-order valence-electron chi connectivity index (χ3n) is 4.42. The summed E-state index contributed by atoms with van der Waals surface area (Å²) in [5.41, 5.74) is 5.94. The van der Waals surface area contributed by atoms with Crippen LogP contribution in [0.3, 0.4) is 0 Å². The van der Waals surface area contributed by atoms with Gasteiger partial charge in [0.05, 0.1) is 10.2 Å². The topological polar surface area (TPSA) is 8.17 Å². The second-order valence-corrected chi connectivity index (χ2v) is 7.31. The molecule has 0 spiro atoms. The fourth-order valence-electron chi connectivity index (χ4n) is 3.40. The predicted octanol–water partition coefficient (Wildman–Crippen LogP) is 4.05. The van der Waals surface area contributed by atoms with Crippen LogP contribution in [0.5, 0.6) is 0 Å². The Labute approximate surface area is 129 Å². The Hall–Kier alpha value is -1.58. The quantitative estimate of drug-likeness (QED) is 0.692. The number of fused-ring (bicyclic) bond motifs is 3. The lowest BCUT2D eigenvalue weighted by Crippen LogP contribution is -2.27. The summed E-state index contributed by atoms with van der Waals surface area (Å²) in [5, 5.41) is 0. The molecule has 1 aromatic carbocycles. The molecule has 1 aliphatic heterocycles. The van der Waals surface area contributed by atoms with E-state index in [2.05, 4.69) is 59.8 Å². The van der Waals surface area contributed by atoms with E-state index in [9.17, 15) is 0 Å². The van der Waals surface area contributed by atoms with Gasteiger partial charge in [0.25, 0.3) is 0 Å². The Morgan fingerprint density at radius 2 is 2.00 bits per heavy atom. The lowest BCUT2D eigenvalue weighted by molar-refractivity contribution is 0.310. The Balaban J connectivity index is 1.87. The van der Waals surface area contributed by atoms with Crippen molar-refractivity contribution in [2.45, 2.75) is 26.4 Å². The van der Waals surface area contributed by atoms with Crippen molar-refractivity contribution in [2.75, 3.05) is 13.6 Å². The number of benzene rings is 1. The van der Waals surface area contributed by atoms with Crippen LogP contribution in [0, 0.1) is 6.92 Å². The van der Waals surface area contributed by atoms with Gasteiger partial charge in [0.2, 0.25) is 0 Å². The van der Waals surface area contributed by atoms with Crippen molar-refractivity contribution in [3.05, 3.63) is 58.1 Å². The minimum atomic E-state index is 0.993. The maximum absolute atomic E-state index is 2.55. The summed E-state index contributed by atoms with van der Waals surface area (Å²) >= 11 is 1.95. The number of aromatic nitrogens is 1. The zero-order valence-corrected chi connectivity index (χ0v) is 13.4. The molecule has 0 unspecified atom stereocenters. The van der Waals surface area contributed by atoms with Gasteiger partial charge in [-0.1, -0.05) is 30.3 Å². The molecule has 0 aliphatic carbocycles. The molecule has 3 heteroatoms. The molecule has 108 valence electrons. The van der Waals surface area contributed by atoms with E-state index in [-0.39, 0.29) is 0 Å². The molecule has 2 nitrogen and oxygen atoms in total. The van der Waals surface area contributed by atoms with Gasteiger partial charge in [-0.2, -0.15) is 0 Å². The second-order valence-electron chi connectivity index (χ2n) is 6.06. The maximum Gasteiger partial charge on any atom is 0.0601 e. The van der Waals surface area contributed by atoms with Gasteiger partial charge in [-0.25, -0.2) is 0 Å². The van der Waals surface area contributed by atoms with Gasteiger partial charge in [0, 0.05) is 42.2 Å². The summed E-state index contributed by atoms with van der Waals surface area (Å²) in [6.07, 6.45) is 1.17. The van der Waals surface area contributed by atoms with Gasteiger partial charge in [0.15, 0.2) is 0 Å². The number of likely N-dealkylation sites (N-methyl/N-ethyl adjacent to an activating group) is 1. The molecule has 0 saturated carbocycles. The fraction of sp³-hybridized carbons (Fsp3) is 0.333. The largest absolute Gasteiger partial charge is 0.339 e. The molecular weight excluding hydrogens is 276 g/mol. The average Bonchev–Trinajstić information content (AvgIpc) is 2.98. The lowest BCUT2D eigenvalue weighted by atomic mass is 10.1. The Morgan fingerprint density at radius 3 is 2.81 bits per heavy atom. The normalized spacial score (nSPS) is 15.5. The van der Waals surface area contributed by atoms with Gasteiger partial charge < -0.3 is 9.47 Å². The average molecular weight is 296 g/mol. The number of hydrogen-bond donors (Lipinski definition) is 0. The van der Waals surface area contributed by atoms with Crippen LogP contribution in [-0.4, -0.2) is 23.1 Å². The summed E-state index contributed by atoms with van der Waals surface area (Å²) in [6, 6.07) is 13.2. The van der Waals surface area contributed by atoms with Crippen molar-refractivity contribution in [1.29, 1.82) is 0 Å². The molecule has 0 fully saturated rings. The first-order chi connectivity index (χ1) is 10.2. The van der Waals surface area contributed by atoms with Crippen molar-refractivity contribution < 1.29 is 0 Å². The van der Waals surface area contributed by atoms with Crippen molar-refractivity contribution in [2.24, 2.45) is 0 Å². The number of nitrogens with zero attached hydrogens (tertiary/aromatic N) is 2. The van der Waals surface area contributed by atoms with Crippen LogP contribution in [0.2, 0.25) is 0 Å². The van der Waals surface area contributed by atoms with Crippen LogP contribution in [0.1, 0.15) is 21.7 Å². The molecule has 2 aromatic heterocycles. The molecule has 0 N–H and O–H groups in total. The molecule has 0 bridgehead atoms. The molecule has 1 aliphatic rings. The first-order valence-electron chi connectivity index (χ1n) is 7.55. The van der Waals surface area contributed by atoms with Crippen LogP contribution < -0.4 is 0 Å². The first-order valence-corrected chi connectivity index (χ1v) is 8.37. The van der Waals surface area contributed by atoms with Gasteiger partial charge >= 0.3 is 0 Å². The maximum atomic E-state index is 2.55. The Bertz CT molecular complexity index is 783. The number of aryl methyl sites for hydroxylation is 1. The highest BCUT2D eigenvalue weighted by molar-refractivity contribution is 7.19. The Morgan fingerprint density at radius 1 is 1.19 bits per heavy atom.